The number of carbonyl (C=O) groups is 2. The van der Waals surface area contributed by atoms with E-state index in [4.69, 9.17) is 21.1 Å². The molecule has 0 bridgehead atoms. The van der Waals surface area contributed by atoms with Crippen molar-refractivity contribution in [2.75, 3.05) is 24.1 Å². The zero-order chi connectivity index (χ0) is 30.4. The third-order valence-corrected chi connectivity index (χ3v) is 10.00. The second-order valence-electron chi connectivity index (χ2n) is 10.8. The highest BCUT2D eigenvalue weighted by Gasteiger charge is 2.34. The molecule has 2 aliphatic rings. The van der Waals surface area contributed by atoms with Crippen LogP contribution in [0.15, 0.2) is 77.7 Å². The summed E-state index contributed by atoms with van der Waals surface area (Å²) < 4.78 is 40.4. The van der Waals surface area contributed by atoms with Gasteiger partial charge in [-0.15, -0.1) is 0 Å². The Hall–Kier alpha value is -3.76. The van der Waals surface area contributed by atoms with E-state index in [1.807, 2.05) is 0 Å². The molecule has 0 saturated heterocycles. The molecule has 2 amide bonds. The fourth-order valence-corrected chi connectivity index (χ4v) is 7.02. The number of amides is 2. The maximum atomic E-state index is 14.2. The van der Waals surface area contributed by atoms with Gasteiger partial charge in [-0.1, -0.05) is 67.3 Å². The minimum atomic E-state index is -4.20. The van der Waals surface area contributed by atoms with E-state index in [1.165, 1.54) is 17.0 Å². The van der Waals surface area contributed by atoms with E-state index in [-0.39, 0.29) is 29.1 Å². The zero-order valence-electron chi connectivity index (χ0n) is 24.1. The number of rotatable bonds is 10. The molecule has 1 heterocycles. The van der Waals surface area contributed by atoms with Gasteiger partial charge in [0, 0.05) is 23.7 Å². The number of ether oxygens (including phenoxy) is 2. The van der Waals surface area contributed by atoms with Crippen molar-refractivity contribution < 1.29 is 27.5 Å². The minimum absolute atomic E-state index is 0.0259. The number of anilines is 1. The van der Waals surface area contributed by atoms with Crippen LogP contribution >= 0.6 is 11.6 Å². The van der Waals surface area contributed by atoms with E-state index >= 15 is 0 Å². The highest BCUT2D eigenvalue weighted by atomic mass is 35.5. The fourth-order valence-electron chi connectivity index (χ4n) is 5.40. The highest BCUT2D eigenvalue weighted by molar-refractivity contribution is 7.92. The van der Waals surface area contributed by atoms with Crippen molar-refractivity contribution in [3.63, 3.8) is 0 Å². The van der Waals surface area contributed by atoms with E-state index in [2.05, 4.69) is 5.32 Å². The number of benzene rings is 3. The lowest BCUT2D eigenvalue weighted by Crippen LogP contribution is -2.53. The molecular weight excluding hydrogens is 590 g/mol. The first-order chi connectivity index (χ1) is 20.7. The van der Waals surface area contributed by atoms with Crippen LogP contribution in [-0.4, -0.2) is 57.0 Å². The molecule has 3 aromatic carbocycles. The molecule has 1 aliphatic heterocycles. The molecule has 1 aliphatic carbocycles. The van der Waals surface area contributed by atoms with Gasteiger partial charge in [0.2, 0.25) is 11.8 Å². The third kappa shape index (κ3) is 7.25. The summed E-state index contributed by atoms with van der Waals surface area (Å²) >= 11 is 6.46. The molecule has 9 nitrogen and oxygen atoms in total. The number of nitrogens with zero attached hydrogens (tertiary/aromatic N) is 2. The van der Waals surface area contributed by atoms with Crippen LogP contribution in [0.4, 0.5) is 5.69 Å². The molecule has 1 atom stereocenters. The van der Waals surface area contributed by atoms with Crippen LogP contribution in [0.25, 0.3) is 0 Å². The molecular formula is C32H36ClN3O6S. The lowest BCUT2D eigenvalue weighted by Gasteiger charge is -2.33. The second kappa shape index (κ2) is 13.7. The van der Waals surface area contributed by atoms with Crippen molar-refractivity contribution in [2.45, 2.75) is 62.6 Å². The summed E-state index contributed by atoms with van der Waals surface area (Å²) in [4.78, 5) is 29.1. The molecule has 0 radical (unpaired) electrons. The Bertz CT molecular complexity index is 1550. The average molecular weight is 626 g/mol. The monoisotopic (exact) mass is 625 g/mol. The van der Waals surface area contributed by atoms with Crippen LogP contribution in [0.5, 0.6) is 11.5 Å². The quantitative estimate of drug-likeness (QED) is 0.333. The molecule has 0 unspecified atom stereocenters. The maximum Gasteiger partial charge on any atom is 0.264 e. The van der Waals surface area contributed by atoms with Gasteiger partial charge in [-0.05, 0) is 55.7 Å². The number of hydrogen-bond acceptors (Lipinski definition) is 6. The van der Waals surface area contributed by atoms with Crippen molar-refractivity contribution in [3.8, 4) is 11.5 Å². The molecule has 228 valence electrons. The fraction of sp³-hybridized carbons (Fsp3) is 0.375. The summed E-state index contributed by atoms with van der Waals surface area (Å²) in [6, 6.07) is 18.9. The smallest absolute Gasteiger partial charge is 0.264 e. The van der Waals surface area contributed by atoms with Crippen LogP contribution in [-0.2, 0) is 26.2 Å². The highest BCUT2D eigenvalue weighted by Crippen LogP contribution is 2.36. The predicted octanol–water partition coefficient (Wildman–Crippen LogP) is 5.17. The standard InChI is InChI=1S/C32H36ClN3O6S/c1-23(32(38)34-25-11-4-2-5-12-25)35(21-24-10-8-9-15-28(24)33)31(37)22-36(43(39,40)27-13-6-3-7-14-27)26-16-17-29-30(20-26)42-19-18-41-29/h3,6-10,13-17,20,23,25H,2,4-5,11-12,18-19,21-22H2,1H3,(H,34,38)/t23-/m0/s1. The molecule has 3 aromatic rings. The number of halogens is 1. The van der Waals surface area contributed by atoms with Gasteiger partial charge in [-0.2, -0.15) is 0 Å². The van der Waals surface area contributed by atoms with Gasteiger partial charge in [0.05, 0.1) is 10.6 Å². The molecule has 1 saturated carbocycles. The minimum Gasteiger partial charge on any atom is -0.486 e. The largest absolute Gasteiger partial charge is 0.486 e. The Morgan fingerprint density at radius 1 is 0.930 bits per heavy atom. The normalized spacial score (nSPS) is 15.8. The Kier molecular flexibility index (Phi) is 9.77. The van der Waals surface area contributed by atoms with Crippen molar-refractivity contribution in [1.29, 1.82) is 0 Å². The summed E-state index contributed by atoms with van der Waals surface area (Å²) in [6.07, 6.45) is 5.02. The Morgan fingerprint density at radius 2 is 1.60 bits per heavy atom. The van der Waals surface area contributed by atoms with Gasteiger partial charge in [-0.3, -0.25) is 13.9 Å². The predicted molar refractivity (Wildman–Crippen MR) is 165 cm³/mol. The van der Waals surface area contributed by atoms with Crippen molar-refractivity contribution in [1.82, 2.24) is 10.2 Å². The molecule has 1 N–H and O–H groups in total. The molecule has 11 heteroatoms. The molecule has 0 aromatic heterocycles. The molecule has 1 fully saturated rings. The summed E-state index contributed by atoms with van der Waals surface area (Å²) in [7, 11) is -4.20. The summed E-state index contributed by atoms with van der Waals surface area (Å²) in [5.41, 5.74) is 0.880. The number of hydrogen-bond donors (Lipinski definition) is 1. The number of nitrogens with one attached hydrogen (secondary N) is 1. The number of carbonyl (C=O) groups excluding carboxylic acids is 2. The van der Waals surface area contributed by atoms with E-state index in [0.717, 1.165) is 36.4 Å². The zero-order valence-corrected chi connectivity index (χ0v) is 25.6. The topological polar surface area (TPSA) is 105 Å². The molecule has 0 spiro atoms. The van der Waals surface area contributed by atoms with Gasteiger partial charge in [0.25, 0.3) is 10.0 Å². The van der Waals surface area contributed by atoms with E-state index in [0.29, 0.717) is 35.3 Å². The van der Waals surface area contributed by atoms with Crippen LogP contribution in [0.3, 0.4) is 0 Å². The van der Waals surface area contributed by atoms with Crippen LogP contribution < -0.4 is 19.1 Å². The SMILES string of the molecule is C[C@@H](C(=O)NC1CCCCC1)N(Cc1ccccc1Cl)C(=O)CN(c1ccc2c(c1)OCCO2)S(=O)(=O)c1ccccc1. The van der Waals surface area contributed by atoms with Gasteiger partial charge in [0.1, 0.15) is 25.8 Å². The number of fused-ring (bicyclic) bond motifs is 1. The van der Waals surface area contributed by atoms with E-state index < -0.39 is 28.5 Å². The third-order valence-electron chi connectivity index (χ3n) is 7.84. The maximum absolute atomic E-state index is 14.2. The first-order valence-corrected chi connectivity index (χ1v) is 16.4. The summed E-state index contributed by atoms with van der Waals surface area (Å²) in [5, 5.41) is 3.55. The Labute approximate surface area is 257 Å². The first-order valence-electron chi connectivity index (χ1n) is 14.5. The molecule has 43 heavy (non-hydrogen) atoms. The van der Waals surface area contributed by atoms with Gasteiger partial charge < -0.3 is 19.7 Å². The lowest BCUT2D eigenvalue weighted by molar-refractivity contribution is -0.139. The van der Waals surface area contributed by atoms with Crippen molar-refractivity contribution in [3.05, 3.63) is 83.4 Å². The van der Waals surface area contributed by atoms with Gasteiger partial charge >= 0.3 is 0 Å². The van der Waals surface area contributed by atoms with Crippen molar-refractivity contribution in [2.24, 2.45) is 0 Å². The van der Waals surface area contributed by atoms with E-state index in [9.17, 15) is 18.0 Å². The van der Waals surface area contributed by atoms with Crippen LogP contribution in [0, 0.1) is 0 Å². The number of sulfonamides is 1. The van der Waals surface area contributed by atoms with Crippen LogP contribution in [0.1, 0.15) is 44.6 Å². The van der Waals surface area contributed by atoms with E-state index in [1.54, 1.807) is 67.6 Å². The summed E-state index contributed by atoms with van der Waals surface area (Å²) in [6.45, 7) is 1.84. The Morgan fingerprint density at radius 3 is 2.33 bits per heavy atom. The lowest BCUT2D eigenvalue weighted by atomic mass is 9.95. The summed E-state index contributed by atoms with van der Waals surface area (Å²) in [5.74, 6) is 0.0362. The van der Waals surface area contributed by atoms with Crippen LogP contribution in [0.2, 0.25) is 5.02 Å². The average Bonchev–Trinajstić information content (AvgIpc) is 3.03. The molecule has 5 rings (SSSR count). The van der Waals surface area contributed by atoms with Gasteiger partial charge in [0.15, 0.2) is 11.5 Å². The Balaban J connectivity index is 1.49. The second-order valence-corrected chi connectivity index (χ2v) is 13.1. The van der Waals surface area contributed by atoms with Gasteiger partial charge in [-0.25, -0.2) is 8.42 Å². The first kappa shape index (κ1) is 30.7. The van der Waals surface area contributed by atoms with Crippen molar-refractivity contribution >= 4 is 39.1 Å².